The fraction of sp³-hybridized carbons (Fsp3) is 0.316. The lowest BCUT2D eigenvalue weighted by Crippen LogP contribution is -2.36. The Bertz CT molecular complexity index is 624. The fourth-order valence-corrected chi connectivity index (χ4v) is 2.31. The van der Waals surface area contributed by atoms with Gasteiger partial charge in [0.25, 0.3) is 0 Å². The molecule has 4 heteroatoms. The zero-order chi connectivity index (χ0) is 16.5. The molecule has 2 aromatic rings. The van der Waals surface area contributed by atoms with Gasteiger partial charge in [-0.05, 0) is 16.7 Å². The van der Waals surface area contributed by atoms with Crippen molar-refractivity contribution in [1.82, 2.24) is 10.2 Å². The third-order valence-electron chi connectivity index (χ3n) is 3.53. The van der Waals surface area contributed by atoms with Gasteiger partial charge in [0, 0.05) is 27.7 Å². The maximum absolute atomic E-state index is 5.26. The molecule has 0 unspecified atom stereocenters. The molecule has 122 valence electrons. The average Bonchev–Trinajstić information content (AvgIpc) is 2.57. The highest BCUT2D eigenvalue weighted by molar-refractivity contribution is 5.79. The van der Waals surface area contributed by atoms with E-state index in [1.807, 2.05) is 49.3 Å². The summed E-state index contributed by atoms with van der Waals surface area (Å²) in [5.41, 5.74) is 3.63. The summed E-state index contributed by atoms with van der Waals surface area (Å²) in [6.45, 7) is 2.02. The van der Waals surface area contributed by atoms with E-state index in [0.29, 0.717) is 13.2 Å². The highest BCUT2D eigenvalue weighted by Crippen LogP contribution is 2.10. The third kappa shape index (κ3) is 5.42. The van der Waals surface area contributed by atoms with Crippen molar-refractivity contribution >= 4 is 5.96 Å². The Kier molecular flexibility index (Phi) is 6.63. The number of methoxy groups -OCH3 is 1. The summed E-state index contributed by atoms with van der Waals surface area (Å²) < 4.78 is 5.26. The van der Waals surface area contributed by atoms with E-state index in [1.165, 1.54) is 16.7 Å². The first-order chi connectivity index (χ1) is 11.2. The number of nitrogens with one attached hydrogen (secondary N) is 1. The molecule has 0 saturated heterocycles. The summed E-state index contributed by atoms with van der Waals surface area (Å²) in [5, 5.41) is 3.42. The van der Waals surface area contributed by atoms with E-state index in [1.54, 1.807) is 7.11 Å². The predicted molar refractivity (Wildman–Crippen MR) is 95.3 cm³/mol. The summed E-state index contributed by atoms with van der Waals surface area (Å²) in [4.78, 5) is 6.69. The molecule has 0 saturated carbocycles. The molecule has 0 radical (unpaired) electrons. The number of guanidine groups is 1. The number of rotatable bonds is 6. The standard InChI is InChI=1S/C19H25N3O/c1-22(2)19(20-13-16-9-5-4-6-10-16)21-14-17-11-7-8-12-18(17)15-23-3/h4-12H,13-15H2,1-3H3,(H,20,21). The minimum absolute atomic E-state index is 0.621. The first-order valence-corrected chi connectivity index (χ1v) is 7.76. The molecule has 0 aliphatic carbocycles. The molecular weight excluding hydrogens is 286 g/mol. The largest absolute Gasteiger partial charge is 0.380 e. The fourth-order valence-electron chi connectivity index (χ4n) is 2.31. The van der Waals surface area contributed by atoms with Crippen LogP contribution in [0.3, 0.4) is 0 Å². The normalized spacial score (nSPS) is 11.3. The van der Waals surface area contributed by atoms with Crippen molar-refractivity contribution in [3.05, 3.63) is 71.3 Å². The van der Waals surface area contributed by atoms with E-state index in [9.17, 15) is 0 Å². The number of aliphatic imine (C=N–C) groups is 1. The van der Waals surface area contributed by atoms with E-state index in [2.05, 4.69) is 34.6 Å². The number of ether oxygens (including phenoxy) is 1. The van der Waals surface area contributed by atoms with Gasteiger partial charge in [-0.15, -0.1) is 0 Å². The maximum atomic E-state index is 5.26. The Morgan fingerprint density at radius 1 is 1.00 bits per heavy atom. The lowest BCUT2D eigenvalue weighted by atomic mass is 10.1. The molecule has 1 N–H and O–H groups in total. The van der Waals surface area contributed by atoms with E-state index in [-0.39, 0.29) is 0 Å². The van der Waals surface area contributed by atoms with Crippen molar-refractivity contribution in [3.63, 3.8) is 0 Å². The van der Waals surface area contributed by atoms with Gasteiger partial charge in [0.2, 0.25) is 0 Å². The Morgan fingerprint density at radius 2 is 1.65 bits per heavy atom. The molecule has 0 aromatic heterocycles. The SMILES string of the molecule is COCc1ccccc1CNC(=NCc1ccccc1)N(C)C. The second kappa shape index (κ2) is 8.96. The van der Waals surface area contributed by atoms with Crippen molar-refractivity contribution in [2.24, 2.45) is 4.99 Å². The molecule has 2 aromatic carbocycles. The second-order valence-corrected chi connectivity index (χ2v) is 5.58. The summed E-state index contributed by atoms with van der Waals surface area (Å²) >= 11 is 0. The van der Waals surface area contributed by atoms with Gasteiger partial charge in [0.1, 0.15) is 0 Å². The third-order valence-corrected chi connectivity index (χ3v) is 3.53. The van der Waals surface area contributed by atoms with Crippen LogP contribution in [-0.4, -0.2) is 32.1 Å². The molecule has 0 aliphatic heterocycles. The van der Waals surface area contributed by atoms with Gasteiger partial charge in [0.05, 0.1) is 13.2 Å². The monoisotopic (exact) mass is 311 g/mol. The van der Waals surface area contributed by atoms with Crippen LogP contribution in [0, 0.1) is 0 Å². The van der Waals surface area contributed by atoms with Gasteiger partial charge < -0.3 is 15.0 Å². The van der Waals surface area contributed by atoms with Crippen LogP contribution < -0.4 is 5.32 Å². The highest BCUT2D eigenvalue weighted by Gasteiger charge is 2.05. The number of hydrogen-bond donors (Lipinski definition) is 1. The molecule has 0 amide bonds. The molecule has 0 heterocycles. The first-order valence-electron chi connectivity index (χ1n) is 7.76. The molecular formula is C19H25N3O. The second-order valence-electron chi connectivity index (χ2n) is 5.58. The van der Waals surface area contributed by atoms with Crippen LogP contribution >= 0.6 is 0 Å². The Balaban J connectivity index is 2.03. The van der Waals surface area contributed by atoms with Crippen molar-refractivity contribution in [1.29, 1.82) is 0 Å². The van der Waals surface area contributed by atoms with Crippen LogP contribution in [0.1, 0.15) is 16.7 Å². The van der Waals surface area contributed by atoms with Gasteiger partial charge in [-0.25, -0.2) is 4.99 Å². The van der Waals surface area contributed by atoms with E-state index >= 15 is 0 Å². The quantitative estimate of drug-likeness (QED) is 0.658. The summed E-state index contributed by atoms with van der Waals surface area (Å²) in [5.74, 6) is 0.876. The minimum Gasteiger partial charge on any atom is -0.380 e. The number of benzene rings is 2. The van der Waals surface area contributed by atoms with Crippen LogP contribution in [-0.2, 0) is 24.4 Å². The van der Waals surface area contributed by atoms with Gasteiger partial charge in [-0.1, -0.05) is 54.6 Å². The summed E-state index contributed by atoms with van der Waals surface area (Å²) in [7, 11) is 5.71. The average molecular weight is 311 g/mol. The van der Waals surface area contributed by atoms with Gasteiger partial charge in [0.15, 0.2) is 5.96 Å². The number of nitrogens with zero attached hydrogens (tertiary/aromatic N) is 2. The Hall–Kier alpha value is -2.33. The van der Waals surface area contributed by atoms with Gasteiger partial charge in [-0.2, -0.15) is 0 Å². The van der Waals surface area contributed by atoms with Gasteiger partial charge >= 0.3 is 0 Å². The highest BCUT2D eigenvalue weighted by atomic mass is 16.5. The molecule has 0 bridgehead atoms. The Morgan fingerprint density at radius 3 is 2.30 bits per heavy atom. The molecule has 4 nitrogen and oxygen atoms in total. The number of hydrogen-bond acceptors (Lipinski definition) is 2. The zero-order valence-corrected chi connectivity index (χ0v) is 14.1. The topological polar surface area (TPSA) is 36.9 Å². The smallest absolute Gasteiger partial charge is 0.194 e. The molecule has 0 aliphatic rings. The van der Waals surface area contributed by atoms with Crippen LogP contribution in [0.4, 0.5) is 0 Å². The maximum Gasteiger partial charge on any atom is 0.194 e. The van der Waals surface area contributed by atoms with Crippen molar-refractivity contribution < 1.29 is 4.74 Å². The molecule has 0 spiro atoms. The molecule has 2 rings (SSSR count). The Labute approximate surface area is 138 Å². The molecule has 23 heavy (non-hydrogen) atoms. The zero-order valence-electron chi connectivity index (χ0n) is 14.1. The van der Waals surface area contributed by atoms with Crippen LogP contribution in [0.25, 0.3) is 0 Å². The van der Waals surface area contributed by atoms with Crippen LogP contribution in [0.15, 0.2) is 59.6 Å². The van der Waals surface area contributed by atoms with E-state index < -0.39 is 0 Å². The van der Waals surface area contributed by atoms with Crippen molar-refractivity contribution in [2.45, 2.75) is 19.7 Å². The predicted octanol–water partition coefficient (Wildman–Crippen LogP) is 3.04. The van der Waals surface area contributed by atoms with Gasteiger partial charge in [-0.3, -0.25) is 0 Å². The van der Waals surface area contributed by atoms with E-state index in [0.717, 1.165) is 12.5 Å². The summed E-state index contributed by atoms with van der Waals surface area (Å²) in [6.07, 6.45) is 0. The minimum atomic E-state index is 0.621. The summed E-state index contributed by atoms with van der Waals surface area (Å²) in [6, 6.07) is 18.6. The van der Waals surface area contributed by atoms with Crippen molar-refractivity contribution in [2.75, 3.05) is 21.2 Å². The van der Waals surface area contributed by atoms with E-state index in [4.69, 9.17) is 4.74 Å². The molecule has 0 fully saturated rings. The van der Waals surface area contributed by atoms with Crippen molar-refractivity contribution in [3.8, 4) is 0 Å². The molecule has 0 atom stereocenters. The lowest BCUT2D eigenvalue weighted by molar-refractivity contribution is 0.184. The van der Waals surface area contributed by atoms with Crippen LogP contribution in [0.2, 0.25) is 0 Å². The first kappa shape index (κ1) is 17.0. The lowest BCUT2D eigenvalue weighted by Gasteiger charge is -2.19. The van der Waals surface area contributed by atoms with Crippen LogP contribution in [0.5, 0.6) is 0 Å².